The Hall–Kier alpha value is -0.530. The summed E-state index contributed by atoms with van der Waals surface area (Å²) < 4.78 is 0. The summed E-state index contributed by atoms with van der Waals surface area (Å²) in [7, 11) is 0. The zero-order valence-electron chi connectivity index (χ0n) is 9.55. The maximum atomic E-state index is 12.1. The van der Waals surface area contributed by atoms with Crippen molar-refractivity contribution in [3.63, 3.8) is 0 Å². The molecule has 0 N–H and O–H groups in total. The average Bonchev–Trinajstić information content (AvgIpc) is 2.17. The summed E-state index contributed by atoms with van der Waals surface area (Å²) in [6, 6.07) is 0.562. The molecule has 3 aliphatic rings. The molecule has 1 amide bonds. The highest BCUT2D eigenvalue weighted by Crippen LogP contribution is 2.36. The molecule has 3 fully saturated rings. The molecule has 0 radical (unpaired) electrons. The predicted molar refractivity (Wildman–Crippen MR) is 56.9 cm³/mol. The highest BCUT2D eigenvalue weighted by molar-refractivity contribution is 5.82. The standard InChI is InChI=1S/C12H21NO/c1-12(2,3)11(14)13-8-9-4-6-10(13)7-5-9/h9-10H,4-8H2,1-3H3. The first-order valence-electron chi connectivity index (χ1n) is 5.79. The van der Waals surface area contributed by atoms with Gasteiger partial charge in [0.05, 0.1) is 0 Å². The van der Waals surface area contributed by atoms with Gasteiger partial charge in [0.25, 0.3) is 0 Å². The zero-order chi connectivity index (χ0) is 10.3. The Morgan fingerprint density at radius 3 is 2.07 bits per heavy atom. The minimum absolute atomic E-state index is 0.197. The summed E-state index contributed by atoms with van der Waals surface area (Å²) in [6.07, 6.45) is 5.18. The largest absolute Gasteiger partial charge is 0.339 e. The zero-order valence-corrected chi connectivity index (χ0v) is 9.55. The van der Waals surface area contributed by atoms with Crippen molar-refractivity contribution in [3.05, 3.63) is 0 Å². The summed E-state index contributed by atoms with van der Waals surface area (Å²) in [5.41, 5.74) is -0.197. The van der Waals surface area contributed by atoms with Crippen LogP contribution in [0.2, 0.25) is 0 Å². The summed E-state index contributed by atoms with van der Waals surface area (Å²) in [4.78, 5) is 14.3. The van der Waals surface area contributed by atoms with Gasteiger partial charge in [0.2, 0.25) is 5.91 Å². The molecule has 2 heteroatoms. The average molecular weight is 195 g/mol. The summed E-state index contributed by atoms with van der Waals surface area (Å²) in [5, 5.41) is 0. The van der Waals surface area contributed by atoms with Crippen LogP contribution in [-0.4, -0.2) is 23.4 Å². The van der Waals surface area contributed by atoms with Crippen molar-refractivity contribution in [2.24, 2.45) is 11.3 Å². The number of hydrogen-bond acceptors (Lipinski definition) is 1. The molecule has 1 aliphatic carbocycles. The van der Waals surface area contributed by atoms with Gasteiger partial charge in [0.1, 0.15) is 0 Å². The molecule has 0 aromatic rings. The lowest BCUT2D eigenvalue weighted by Gasteiger charge is -2.47. The molecule has 2 aliphatic heterocycles. The van der Waals surface area contributed by atoms with Crippen molar-refractivity contribution in [2.45, 2.75) is 52.5 Å². The highest BCUT2D eigenvalue weighted by Gasteiger charge is 2.39. The third-order valence-electron chi connectivity index (χ3n) is 3.61. The van der Waals surface area contributed by atoms with Gasteiger partial charge < -0.3 is 4.90 Å². The third-order valence-corrected chi connectivity index (χ3v) is 3.61. The Balaban J connectivity index is 2.09. The van der Waals surface area contributed by atoms with Crippen LogP contribution in [0.5, 0.6) is 0 Å². The minimum Gasteiger partial charge on any atom is -0.339 e. The number of amides is 1. The molecule has 14 heavy (non-hydrogen) atoms. The minimum atomic E-state index is -0.197. The van der Waals surface area contributed by atoms with E-state index in [0.717, 1.165) is 12.5 Å². The summed E-state index contributed by atoms with van der Waals surface area (Å²) in [6.45, 7) is 7.10. The molecule has 2 saturated heterocycles. The molecule has 0 aromatic heterocycles. The van der Waals surface area contributed by atoms with Crippen molar-refractivity contribution in [2.75, 3.05) is 6.54 Å². The molecule has 2 nitrogen and oxygen atoms in total. The molecule has 80 valence electrons. The van der Waals surface area contributed by atoms with E-state index >= 15 is 0 Å². The van der Waals surface area contributed by atoms with Gasteiger partial charge in [-0.2, -0.15) is 0 Å². The van der Waals surface area contributed by atoms with Gasteiger partial charge in [0.15, 0.2) is 0 Å². The van der Waals surface area contributed by atoms with E-state index in [4.69, 9.17) is 0 Å². The van der Waals surface area contributed by atoms with E-state index in [9.17, 15) is 4.79 Å². The molecule has 3 rings (SSSR count). The summed E-state index contributed by atoms with van der Waals surface area (Å²) >= 11 is 0. The van der Waals surface area contributed by atoms with Crippen molar-refractivity contribution in [1.82, 2.24) is 4.90 Å². The Morgan fingerprint density at radius 1 is 1.14 bits per heavy atom. The number of nitrogens with zero attached hydrogens (tertiary/aromatic N) is 1. The quantitative estimate of drug-likeness (QED) is 0.581. The maximum absolute atomic E-state index is 12.1. The van der Waals surface area contributed by atoms with Crippen LogP contribution in [-0.2, 0) is 4.79 Å². The number of fused-ring (bicyclic) bond motifs is 3. The van der Waals surface area contributed by atoms with E-state index in [1.807, 2.05) is 20.8 Å². The van der Waals surface area contributed by atoms with Gasteiger partial charge in [0, 0.05) is 18.0 Å². The van der Waals surface area contributed by atoms with Crippen LogP contribution in [0.25, 0.3) is 0 Å². The molecular formula is C12H21NO. The number of hydrogen-bond donors (Lipinski definition) is 0. The number of piperidine rings is 2. The van der Waals surface area contributed by atoms with Crippen LogP contribution >= 0.6 is 0 Å². The van der Waals surface area contributed by atoms with Crippen molar-refractivity contribution in [3.8, 4) is 0 Å². The first-order valence-corrected chi connectivity index (χ1v) is 5.79. The Labute approximate surface area is 86.7 Å². The van der Waals surface area contributed by atoms with Crippen LogP contribution in [0, 0.1) is 11.3 Å². The van der Waals surface area contributed by atoms with E-state index in [1.165, 1.54) is 25.7 Å². The van der Waals surface area contributed by atoms with Gasteiger partial charge in [-0.3, -0.25) is 4.79 Å². The fourth-order valence-corrected chi connectivity index (χ4v) is 2.75. The van der Waals surface area contributed by atoms with Crippen LogP contribution in [0.4, 0.5) is 0 Å². The van der Waals surface area contributed by atoms with Gasteiger partial charge in [-0.1, -0.05) is 20.8 Å². The van der Waals surface area contributed by atoms with Gasteiger partial charge >= 0.3 is 0 Å². The molecule has 0 unspecified atom stereocenters. The maximum Gasteiger partial charge on any atom is 0.228 e. The van der Waals surface area contributed by atoms with Crippen LogP contribution in [0.15, 0.2) is 0 Å². The second kappa shape index (κ2) is 3.25. The highest BCUT2D eigenvalue weighted by atomic mass is 16.2. The molecular weight excluding hydrogens is 174 g/mol. The molecule has 1 saturated carbocycles. The fourth-order valence-electron chi connectivity index (χ4n) is 2.75. The second-order valence-electron chi connectivity index (χ2n) is 5.88. The third kappa shape index (κ3) is 1.67. The number of rotatable bonds is 0. The first-order chi connectivity index (χ1) is 6.48. The van der Waals surface area contributed by atoms with E-state index in [1.54, 1.807) is 0 Å². The van der Waals surface area contributed by atoms with Crippen molar-refractivity contribution in [1.29, 1.82) is 0 Å². The molecule has 0 spiro atoms. The molecule has 2 heterocycles. The van der Waals surface area contributed by atoms with Gasteiger partial charge in [-0.05, 0) is 31.6 Å². The van der Waals surface area contributed by atoms with Crippen LogP contribution in [0.1, 0.15) is 46.5 Å². The molecule has 0 atom stereocenters. The smallest absolute Gasteiger partial charge is 0.228 e. The lowest BCUT2D eigenvalue weighted by atomic mass is 9.78. The topological polar surface area (TPSA) is 20.3 Å². The normalized spacial score (nSPS) is 32.1. The van der Waals surface area contributed by atoms with Crippen LogP contribution < -0.4 is 0 Å². The van der Waals surface area contributed by atoms with E-state index in [2.05, 4.69) is 4.90 Å². The monoisotopic (exact) mass is 195 g/mol. The lowest BCUT2D eigenvalue weighted by molar-refractivity contribution is -0.147. The van der Waals surface area contributed by atoms with Crippen molar-refractivity contribution >= 4 is 5.91 Å². The van der Waals surface area contributed by atoms with Gasteiger partial charge in [-0.25, -0.2) is 0 Å². The Kier molecular flexibility index (Phi) is 2.32. The van der Waals surface area contributed by atoms with Crippen molar-refractivity contribution < 1.29 is 4.79 Å². The SMILES string of the molecule is CC(C)(C)C(=O)N1CC2CCC1CC2. The van der Waals surface area contributed by atoms with Gasteiger partial charge in [-0.15, -0.1) is 0 Å². The lowest BCUT2D eigenvalue weighted by Crippen LogP contribution is -2.53. The van der Waals surface area contributed by atoms with E-state index in [0.29, 0.717) is 11.9 Å². The van der Waals surface area contributed by atoms with Crippen LogP contribution in [0.3, 0.4) is 0 Å². The first kappa shape index (κ1) is 10.0. The summed E-state index contributed by atoms with van der Waals surface area (Å²) in [5.74, 6) is 1.15. The predicted octanol–water partition coefficient (Wildman–Crippen LogP) is 2.43. The Bertz CT molecular complexity index is 233. The Morgan fingerprint density at radius 2 is 1.71 bits per heavy atom. The number of carbonyl (C=O) groups excluding carboxylic acids is 1. The fraction of sp³-hybridized carbons (Fsp3) is 0.917. The second-order valence-corrected chi connectivity index (χ2v) is 5.88. The van der Waals surface area contributed by atoms with E-state index in [-0.39, 0.29) is 5.41 Å². The van der Waals surface area contributed by atoms with E-state index < -0.39 is 0 Å². The molecule has 0 aromatic carbocycles. The number of carbonyl (C=O) groups is 1. The molecule has 2 bridgehead atoms.